The van der Waals surface area contributed by atoms with Gasteiger partial charge in [0.25, 0.3) is 0 Å². The van der Waals surface area contributed by atoms with Gasteiger partial charge in [0.1, 0.15) is 16.4 Å². The minimum absolute atomic E-state index is 0.300. The third-order valence-electron chi connectivity index (χ3n) is 2.51. The van der Waals surface area contributed by atoms with E-state index in [1.165, 1.54) is 7.11 Å². The number of carboxylic acid groups (broad SMARTS) is 1. The number of halogens is 2. The fourth-order valence-electron chi connectivity index (χ4n) is 1.50. The molecule has 0 unspecified atom stereocenters. The van der Waals surface area contributed by atoms with Crippen molar-refractivity contribution in [2.45, 2.75) is 10.6 Å². The first kappa shape index (κ1) is 17.1. The van der Waals surface area contributed by atoms with Gasteiger partial charge in [0.05, 0.1) is 7.11 Å². The lowest BCUT2D eigenvalue weighted by Gasteiger charge is -2.16. The van der Waals surface area contributed by atoms with E-state index in [-0.39, 0.29) is 0 Å². The van der Waals surface area contributed by atoms with Crippen molar-refractivity contribution in [1.82, 2.24) is 0 Å². The minimum atomic E-state index is -1.14. The average Bonchev–Trinajstić information content (AvgIpc) is 2.46. The summed E-state index contributed by atoms with van der Waals surface area (Å²) in [5, 5.41) is 6.96. The second-order valence-electron chi connectivity index (χ2n) is 3.81. The van der Waals surface area contributed by atoms with Crippen LogP contribution in [0.15, 0.2) is 24.3 Å². The Morgan fingerprint density at radius 1 is 1.35 bits per heavy atom. The molecular formula is C13H14Cl2O4S. The van der Waals surface area contributed by atoms with Crippen LogP contribution in [0.1, 0.15) is 10.4 Å². The largest absolute Gasteiger partial charge is 0.497 e. The molecule has 0 saturated carbocycles. The molecule has 0 fully saturated rings. The zero-order chi connectivity index (χ0) is 15.1. The minimum Gasteiger partial charge on any atom is -0.497 e. The van der Waals surface area contributed by atoms with Crippen molar-refractivity contribution in [2.24, 2.45) is 0 Å². The molecule has 1 aromatic carbocycles. The van der Waals surface area contributed by atoms with E-state index in [9.17, 15) is 9.59 Å². The Kier molecular flexibility index (Phi) is 7.19. The Morgan fingerprint density at radius 2 is 1.95 bits per heavy atom. The number of Topliss-reactive ketones (excluding diaryl/α,β-unsaturated/α-hetero) is 1. The van der Waals surface area contributed by atoms with Gasteiger partial charge in [-0.25, -0.2) is 0 Å². The Balaban J connectivity index is 2.83. The molecule has 4 nitrogen and oxygen atoms in total. The molecule has 0 aliphatic rings. The predicted molar refractivity (Wildman–Crippen MR) is 81.6 cm³/mol. The summed E-state index contributed by atoms with van der Waals surface area (Å²) in [5.74, 6) is -0.225. The molecular weight excluding hydrogens is 323 g/mol. The van der Waals surface area contributed by atoms with Gasteiger partial charge in [-0.05, 0) is 24.3 Å². The lowest BCUT2D eigenvalue weighted by Crippen LogP contribution is -2.34. The van der Waals surface area contributed by atoms with Crippen LogP contribution in [0.5, 0.6) is 5.75 Å². The van der Waals surface area contributed by atoms with Crippen LogP contribution in [0, 0.1) is 0 Å². The number of rotatable bonds is 8. The van der Waals surface area contributed by atoms with Crippen molar-refractivity contribution < 1.29 is 19.4 Å². The molecule has 2 atom stereocenters. The van der Waals surface area contributed by atoms with E-state index in [2.05, 4.69) is 0 Å². The highest BCUT2D eigenvalue weighted by molar-refractivity contribution is 8.00. The molecule has 1 N–H and O–H groups in total. The number of hydrogen-bond acceptors (Lipinski definition) is 4. The van der Waals surface area contributed by atoms with Gasteiger partial charge in [0.15, 0.2) is 5.78 Å². The van der Waals surface area contributed by atoms with E-state index in [4.69, 9.17) is 33.0 Å². The van der Waals surface area contributed by atoms with Gasteiger partial charge in [-0.1, -0.05) is 0 Å². The second-order valence-corrected chi connectivity index (χ2v) is 5.91. The second kappa shape index (κ2) is 8.39. The highest BCUT2D eigenvalue weighted by Gasteiger charge is 2.32. The maximum atomic E-state index is 12.2. The van der Waals surface area contributed by atoms with Gasteiger partial charge in [-0.3, -0.25) is 9.59 Å². The number of carbonyl (C=O) groups excluding carboxylic acids is 1. The van der Waals surface area contributed by atoms with Crippen LogP contribution in [-0.2, 0) is 4.79 Å². The van der Waals surface area contributed by atoms with Crippen LogP contribution in [0.2, 0.25) is 0 Å². The number of ketones is 1. The smallest absolute Gasteiger partial charge is 0.318 e. The zero-order valence-corrected chi connectivity index (χ0v) is 13.0. The number of alkyl halides is 2. The van der Waals surface area contributed by atoms with Gasteiger partial charge < -0.3 is 9.84 Å². The van der Waals surface area contributed by atoms with Crippen LogP contribution in [0.4, 0.5) is 0 Å². The molecule has 110 valence electrons. The Labute approximate surface area is 131 Å². The number of ether oxygens (including phenoxy) is 1. The van der Waals surface area contributed by atoms with Gasteiger partial charge in [-0.2, -0.15) is 0 Å². The quantitative estimate of drug-likeness (QED) is 0.584. The van der Waals surface area contributed by atoms with E-state index in [0.717, 1.165) is 11.8 Å². The summed E-state index contributed by atoms with van der Waals surface area (Å²) in [4.78, 5) is 23.3. The SMILES string of the molecule is COc1ccc(C(=O)[C@@H](Cl)[C@@H](SCCCl)C(=O)O)cc1. The molecule has 0 aliphatic carbocycles. The number of benzene rings is 1. The molecule has 0 heterocycles. The summed E-state index contributed by atoms with van der Waals surface area (Å²) in [6, 6.07) is 6.36. The van der Waals surface area contributed by atoms with Gasteiger partial charge in [0.2, 0.25) is 0 Å². The molecule has 0 bridgehead atoms. The first-order valence-electron chi connectivity index (χ1n) is 5.74. The Bertz CT molecular complexity index is 464. The Hall–Kier alpha value is -0.910. The normalized spacial score (nSPS) is 13.6. The monoisotopic (exact) mass is 336 g/mol. The first-order chi connectivity index (χ1) is 9.51. The lowest BCUT2D eigenvalue weighted by molar-refractivity contribution is -0.136. The molecule has 7 heteroatoms. The predicted octanol–water partition coefficient (Wildman–Crippen LogP) is 2.91. The van der Waals surface area contributed by atoms with Crippen LogP contribution in [-0.4, -0.2) is 46.2 Å². The van der Waals surface area contributed by atoms with Crippen LogP contribution < -0.4 is 4.74 Å². The summed E-state index contributed by atoms with van der Waals surface area (Å²) in [5.41, 5.74) is 0.350. The fraction of sp³-hybridized carbons (Fsp3) is 0.385. The summed E-state index contributed by atoms with van der Waals surface area (Å²) in [6.07, 6.45) is 0. The third kappa shape index (κ3) is 4.58. The van der Waals surface area contributed by atoms with Crippen molar-refractivity contribution in [3.63, 3.8) is 0 Å². The number of methoxy groups -OCH3 is 1. The maximum Gasteiger partial charge on any atom is 0.318 e. The topological polar surface area (TPSA) is 63.6 Å². The van der Waals surface area contributed by atoms with Crippen LogP contribution >= 0.6 is 35.0 Å². The van der Waals surface area contributed by atoms with Crippen molar-refractivity contribution in [3.8, 4) is 5.75 Å². The summed E-state index contributed by atoms with van der Waals surface area (Å²) < 4.78 is 4.99. The molecule has 1 rings (SSSR count). The highest BCUT2D eigenvalue weighted by Crippen LogP contribution is 2.24. The number of carboxylic acids is 1. The molecule has 0 aliphatic heterocycles. The number of hydrogen-bond donors (Lipinski definition) is 1. The molecule has 20 heavy (non-hydrogen) atoms. The van der Waals surface area contributed by atoms with Gasteiger partial charge >= 0.3 is 5.97 Å². The van der Waals surface area contributed by atoms with Crippen LogP contribution in [0.3, 0.4) is 0 Å². The van der Waals surface area contributed by atoms with Gasteiger partial charge in [0, 0.05) is 17.2 Å². The van der Waals surface area contributed by atoms with E-state index in [1.807, 2.05) is 0 Å². The van der Waals surface area contributed by atoms with Crippen molar-refractivity contribution in [2.75, 3.05) is 18.7 Å². The van der Waals surface area contributed by atoms with Gasteiger partial charge in [-0.15, -0.1) is 35.0 Å². The first-order valence-corrected chi connectivity index (χ1v) is 7.76. The zero-order valence-electron chi connectivity index (χ0n) is 10.7. The maximum absolute atomic E-state index is 12.2. The molecule has 0 spiro atoms. The number of thioether (sulfide) groups is 1. The molecule has 0 aromatic heterocycles. The summed E-state index contributed by atoms with van der Waals surface area (Å²) in [7, 11) is 1.52. The summed E-state index contributed by atoms with van der Waals surface area (Å²) in [6.45, 7) is 0. The number of aliphatic carboxylic acids is 1. The molecule has 0 amide bonds. The van der Waals surface area contributed by atoms with E-state index in [1.54, 1.807) is 24.3 Å². The van der Waals surface area contributed by atoms with Crippen molar-refractivity contribution in [3.05, 3.63) is 29.8 Å². The van der Waals surface area contributed by atoms with E-state index >= 15 is 0 Å². The Morgan fingerprint density at radius 3 is 2.40 bits per heavy atom. The van der Waals surface area contributed by atoms with Crippen molar-refractivity contribution in [1.29, 1.82) is 0 Å². The molecule has 0 saturated heterocycles. The average molecular weight is 337 g/mol. The standard InChI is InChI=1S/C13H14Cl2O4S/c1-19-9-4-2-8(3-5-9)11(16)10(15)12(13(17)18)20-7-6-14/h2-5,10,12H,6-7H2,1H3,(H,17,18)/t10-,12-/m1/s1. The lowest BCUT2D eigenvalue weighted by atomic mass is 10.1. The fourth-order valence-corrected chi connectivity index (χ4v) is 3.00. The third-order valence-corrected chi connectivity index (χ3v) is 4.79. The highest BCUT2D eigenvalue weighted by atomic mass is 35.5. The van der Waals surface area contributed by atoms with E-state index < -0.39 is 22.4 Å². The van der Waals surface area contributed by atoms with Crippen molar-refractivity contribution >= 4 is 46.7 Å². The summed E-state index contributed by atoms with van der Waals surface area (Å²) >= 11 is 12.6. The number of carbonyl (C=O) groups is 2. The molecule has 0 radical (unpaired) electrons. The molecule has 1 aromatic rings. The van der Waals surface area contributed by atoms with Crippen LogP contribution in [0.25, 0.3) is 0 Å². The van der Waals surface area contributed by atoms with E-state index in [0.29, 0.717) is 22.9 Å².